The molecule has 3 aromatic rings. The van der Waals surface area contributed by atoms with E-state index >= 15 is 0 Å². The molecule has 3 aromatic carbocycles. The molecule has 0 fully saturated rings. The topological polar surface area (TPSA) is 108 Å². The first-order chi connectivity index (χ1) is 14.0. The lowest BCUT2D eigenvalue weighted by Crippen LogP contribution is -2.53. The maximum absolute atomic E-state index is 13.5. The van der Waals surface area contributed by atoms with Gasteiger partial charge in [0, 0.05) is 23.3 Å². The Bertz CT molecular complexity index is 1180. The van der Waals surface area contributed by atoms with Crippen molar-refractivity contribution in [3.63, 3.8) is 0 Å². The van der Waals surface area contributed by atoms with Crippen molar-refractivity contribution in [3.05, 3.63) is 106 Å². The number of non-ortho nitro benzene ring substituents is 1. The van der Waals surface area contributed by atoms with E-state index in [-0.39, 0.29) is 11.5 Å². The van der Waals surface area contributed by atoms with Crippen LogP contribution in [0.15, 0.2) is 89.2 Å². The van der Waals surface area contributed by atoms with Crippen molar-refractivity contribution in [2.45, 2.75) is 11.3 Å². The number of hydrogen-bond acceptors (Lipinski definition) is 7. The van der Waals surface area contributed by atoms with Gasteiger partial charge in [-0.05, 0) is 17.7 Å². The molecule has 1 aliphatic heterocycles. The Kier molecular flexibility index (Phi) is 3.44. The second-order valence-electron chi connectivity index (χ2n) is 6.90. The quantitative estimate of drug-likeness (QED) is 0.545. The number of Topliss-reactive ketones (excluding diaryl/α,β-unsaturated/α-hetero) is 1. The van der Waals surface area contributed by atoms with Gasteiger partial charge < -0.3 is 5.11 Å². The van der Waals surface area contributed by atoms with Crippen molar-refractivity contribution in [2.24, 2.45) is 10.3 Å². The summed E-state index contributed by atoms with van der Waals surface area (Å²) in [5.74, 6) is -0.352. The van der Waals surface area contributed by atoms with Crippen molar-refractivity contribution >= 4 is 17.2 Å². The van der Waals surface area contributed by atoms with E-state index in [0.29, 0.717) is 22.4 Å². The summed E-state index contributed by atoms with van der Waals surface area (Å²) in [6.45, 7) is 0. The minimum Gasteiger partial charge on any atom is -0.363 e. The summed E-state index contributed by atoms with van der Waals surface area (Å²) in [6, 6.07) is 21.2. The summed E-state index contributed by atoms with van der Waals surface area (Å²) in [5, 5.41) is 32.7. The van der Waals surface area contributed by atoms with Gasteiger partial charge in [0.2, 0.25) is 17.0 Å². The zero-order chi connectivity index (χ0) is 20.2. The molecular weight excluding hydrogens is 372 g/mol. The average molecular weight is 386 g/mol. The number of ketones is 1. The smallest absolute Gasteiger partial charge is 0.269 e. The van der Waals surface area contributed by atoms with Crippen LogP contribution in [-0.4, -0.2) is 15.8 Å². The SMILES string of the molecule is O=C1c2ccccc2C2(O)N(c3ccc([N+](=O)[O-])cc3)N=NC12c1ccccc1. The first kappa shape index (κ1) is 17.2. The van der Waals surface area contributed by atoms with Crippen LogP contribution in [0, 0.1) is 10.1 Å². The summed E-state index contributed by atoms with van der Waals surface area (Å²) in [5.41, 5.74) is -2.02. The molecule has 0 bridgehead atoms. The molecule has 0 saturated heterocycles. The Hall–Kier alpha value is -3.91. The molecule has 29 heavy (non-hydrogen) atoms. The van der Waals surface area contributed by atoms with Gasteiger partial charge in [0.1, 0.15) is 0 Å². The summed E-state index contributed by atoms with van der Waals surface area (Å²) in [4.78, 5) is 24.0. The van der Waals surface area contributed by atoms with Crippen molar-refractivity contribution in [3.8, 4) is 0 Å². The van der Waals surface area contributed by atoms with E-state index in [9.17, 15) is 20.0 Å². The standard InChI is InChI=1S/C21H14N4O4/c26-19-17-8-4-5-9-18(17)21(27)20(19,14-6-2-1-3-7-14)22-23-24(21)15-10-12-16(13-11-15)25(28)29/h1-13,27H. The van der Waals surface area contributed by atoms with E-state index in [4.69, 9.17) is 0 Å². The normalized spacial score (nSPS) is 24.4. The third-order valence-electron chi connectivity index (χ3n) is 5.47. The molecule has 1 aliphatic carbocycles. The van der Waals surface area contributed by atoms with Crippen LogP contribution in [0.4, 0.5) is 11.4 Å². The summed E-state index contributed by atoms with van der Waals surface area (Å²) in [6.07, 6.45) is 0. The highest BCUT2D eigenvalue weighted by molar-refractivity contribution is 6.10. The number of anilines is 1. The zero-order valence-corrected chi connectivity index (χ0v) is 15.0. The molecule has 1 heterocycles. The van der Waals surface area contributed by atoms with Crippen LogP contribution in [0.2, 0.25) is 0 Å². The molecule has 142 valence electrons. The van der Waals surface area contributed by atoms with Gasteiger partial charge in [0.15, 0.2) is 0 Å². The van der Waals surface area contributed by atoms with Gasteiger partial charge in [-0.1, -0.05) is 59.8 Å². The molecular formula is C21H14N4O4. The molecule has 0 spiro atoms. The predicted octanol–water partition coefficient (Wildman–Crippen LogP) is 3.72. The lowest BCUT2D eigenvalue weighted by molar-refractivity contribution is -0.384. The fourth-order valence-corrected chi connectivity index (χ4v) is 4.12. The molecule has 1 N–H and O–H groups in total. The Labute approximate surface area is 164 Å². The minimum atomic E-state index is -1.90. The molecule has 0 aromatic heterocycles. The number of aliphatic hydroxyl groups is 1. The van der Waals surface area contributed by atoms with Crippen LogP contribution in [0.5, 0.6) is 0 Å². The van der Waals surface area contributed by atoms with E-state index in [1.807, 2.05) is 6.07 Å². The van der Waals surface area contributed by atoms with Gasteiger partial charge in [0.25, 0.3) is 5.69 Å². The van der Waals surface area contributed by atoms with Crippen molar-refractivity contribution in [1.82, 2.24) is 0 Å². The molecule has 2 atom stereocenters. The molecule has 0 saturated carbocycles. The highest BCUT2D eigenvalue weighted by atomic mass is 16.6. The Morgan fingerprint density at radius 2 is 1.59 bits per heavy atom. The van der Waals surface area contributed by atoms with Crippen LogP contribution in [-0.2, 0) is 11.3 Å². The minimum absolute atomic E-state index is 0.0888. The first-order valence-electron chi connectivity index (χ1n) is 8.90. The Balaban J connectivity index is 1.75. The number of carbonyl (C=O) groups excluding carboxylic acids is 1. The van der Waals surface area contributed by atoms with Gasteiger partial charge in [-0.15, -0.1) is 5.11 Å². The predicted molar refractivity (Wildman–Crippen MR) is 103 cm³/mol. The molecule has 8 nitrogen and oxygen atoms in total. The molecule has 0 amide bonds. The largest absolute Gasteiger partial charge is 0.363 e. The highest BCUT2D eigenvalue weighted by Gasteiger charge is 2.71. The van der Waals surface area contributed by atoms with Crippen LogP contribution >= 0.6 is 0 Å². The van der Waals surface area contributed by atoms with Gasteiger partial charge in [-0.25, -0.2) is 5.01 Å². The van der Waals surface area contributed by atoms with E-state index in [1.165, 1.54) is 29.3 Å². The van der Waals surface area contributed by atoms with Crippen LogP contribution in [0.3, 0.4) is 0 Å². The summed E-state index contributed by atoms with van der Waals surface area (Å²) < 4.78 is 0. The highest BCUT2D eigenvalue weighted by Crippen LogP contribution is 2.58. The maximum atomic E-state index is 13.5. The molecule has 5 rings (SSSR count). The zero-order valence-electron chi connectivity index (χ0n) is 15.0. The number of nitrogens with zero attached hydrogens (tertiary/aromatic N) is 4. The monoisotopic (exact) mass is 386 g/mol. The number of rotatable bonds is 3. The van der Waals surface area contributed by atoms with E-state index in [1.54, 1.807) is 48.5 Å². The average Bonchev–Trinajstić information content (AvgIpc) is 3.17. The van der Waals surface area contributed by atoms with E-state index < -0.39 is 16.2 Å². The van der Waals surface area contributed by atoms with Crippen molar-refractivity contribution in [1.29, 1.82) is 0 Å². The Morgan fingerprint density at radius 3 is 2.28 bits per heavy atom. The van der Waals surface area contributed by atoms with Crippen LogP contribution in [0.25, 0.3) is 0 Å². The first-order valence-corrected chi connectivity index (χ1v) is 8.90. The van der Waals surface area contributed by atoms with Gasteiger partial charge in [-0.3, -0.25) is 14.9 Å². The molecule has 0 radical (unpaired) electrons. The third kappa shape index (κ3) is 2.03. The number of nitro groups is 1. The van der Waals surface area contributed by atoms with Gasteiger partial charge in [0.05, 0.1) is 10.6 Å². The van der Waals surface area contributed by atoms with Crippen LogP contribution in [0.1, 0.15) is 21.5 Å². The number of carbonyl (C=O) groups is 1. The van der Waals surface area contributed by atoms with Gasteiger partial charge in [-0.2, -0.15) is 0 Å². The fraction of sp³-hybridized carbons (Fsp3) is 0.0952. The van der Waals surface area contributed by atoms with Crippen molar-refractivity contribution in [2.75, 3.05) is 5.01 Å². The number of hydrogen-bond donors (Lipinski definition) is 1. The maximum Gasteiger partial charge on any atom is 0.269 e. The second-order valence-corrected chi connectivity index (χ2v) is 6.90. The molecule has 2 aliphatic rings. The molecule has 2 unspecified atom stereocenters. The number of fused-ring (bicyclic) bond motifs is 3. The molecule has 8 heteroatoms. The third-order valence-corrected chi connectivity index (χ3v) is 5.47. The lowest BCUT2D eigenvalue weighted by Gasteiger charge is -2.37. The second kappa shape index (κ2) is 5.79. The van der Waals surface area contributed by atoms with E-state index in [2.05, 4.69) is 10.3 Å². The summed E-state index contributed by atoms with van der Waals surface area (Å²) >= 11 is 0. The van der Waals surface area contributed by atoms with E-state index in [0.717, 1.165) is 0 Å². The van der Waals surface area contributed by atoms with Crippen LogP contribution < -0.4 is 5.01 Å². The van der Waals surface area contributed by atoms with Crippen molar-refractivity contribution < 1.29 is 14.8 Å². The lowest BCUT2D eigenvalue weighted by atomic mass is 9.80. The number of benzene rings is 3. The Morgan fingerprint density at radius 1 is 0.931 bits per heavy atom. The summed E-state index contributed by atoms with van der Waals surface area (Å²) in [7, 11) is 0. The van der Waals surface area contributed by atoms with Gasteiger partial charge >= 0.3 is 0 Å². The number of nitro benzene ring substituents is 1. The fourth-order valence-electron chi connectivity index (χ4n) is 4.12.